The van der Waals surface area contributed by atoms with Crippen LogP contribution in [0.1, 0.15) is 68.2 Å². The first kappa shape index (κ1) is 17.1. The number of nitrogens with one attached hydrogen (secondary N) is 1. The molecule has 1 aliphatic heterocycles. The Balaban J connectivity index is 1.61. The number of anilines is 2. The van der Waals surface area contributed by atoms with Crippen LogP contribution in [0.5, 0.6) is 0 Å². The molecule has 26 heavy (non-hydrogen) atoms. The highest BCUT2D eigenvalue weighted by atomic mass is 16.2. The fraction of sp³-hybridized carbons (Fsp3) is 0.524. The van der Waals surface area contributed by atoms with Crippen LogP contribution in [-0.4, -0.2) is 28.8 Å². The van der Waals surface area contributed by atoms with E-state index < -0.39 is 0 Å². The molecule has 0 bridgehead atoms. The first-order chi connectivity index (χ1) is 12.4. The Labute approximate surface area is 155 Å². The molecule has 138 valence electrons. The van der Waals surface area contributed by atoms with Gasteiger partial charge in [0, 0.05) is 30.4 Å². The van der Waals surface area contributed by atoms with Gasteiger partial charge in [-0.15, -0.1) is 0 Å². The van der Waals surface area contributed by atoms with Crippen molar-refractivity contribution in [1.29, 1.82) is 0 Å². The lowest BCUT2D eigenvalue weighted by molar-refractivity contribution is 0.100. The number of nitrogens with zero attached hydrogens (tertiary/aromatic N) is 3. The lowest BCUT2D eigenvalue weighted by atomic mass is 10.1. The normalized spacial score (nSPS) is 16.7. The molecule has 1 N–H and O–H groups in total. The fourth-order valence-corrected chi connectivity index (χ4v) is 3.70. The molecule has 4 rings (SSSR count). The number of carbonyl (C=O) groups is 1. The van der Waals surface area contributed by atoms with Crippen molar-refractivity contribution in [1.82, 2.24) is 9.78 Å². The molecule has 5 heteroatoms. The average Bonchev–Trinajstić information content (AvgIpc) is 3.19. The number of hydrogen-bond donors (Lipinski definition) is 1. The molecule has 1 fully saturated rings. The van der Waals surface area contributed by atoms with Crippen LogP contribution in [0.15, 0.2) is 24.3 Å². The molecular formula is C21H28N4O. The van der Waals surface area contributed by atoms with Gasteiger partial charge in [0.1, 0.15) is 5.69 Å². The third-order valence-corrected chi connectivity index (χ3v) is 5.31. The van der Waals surface area contributed by atoms with E-state index in [4.69, 9.17) is 5.10 Å². The topological polar surface area (TPSA) is 50.2 Å². The Morgan fingerprint density at radius 1 is 1.27 bits per heavy atom. The van der Waals surface area contributed by atoms with Crippen molar-refractivity contribution < 1.29 is 4.79 Å². The zero-order valence-corrected chi connectivity index (χ0v) is 16.2. The van der Waals surface area contributed by atoms with Crippen LogP contribution in [0, 0.1) is 0 Å². The van der Waals surface area contributed by atoms with Crippen molar-refractivity contribution in [3.63, 3.8) is 0 Å². The third-order valence-electron chi connectivity index (χ3n) is 5.31. The lowest BCUT2D eigenvalue weighted by Crippen LogP contribution is -2.29. The van der Waals surface area contributed by atoms with Crippen molar-refractivity contribution in [2.45, 2.75) is 58.4 Å². The third kappa shape index (κ3) is 3.11. The highest BCUT2D eigenvalue weighted by molar-refractivity contribution is 6.03. The van der Waals surface area contributed by atoms with Crippen LogP contribution >= 0.6 is 0 Å². The molecule has 0 radical (unpaired) electrons. The highest BCUT2D eigenvalue weighted by Gasteiger charge is 2.31. The summed E-state index contributed by atoms with van der Waals surface area (Å²) in [5.41, 5.74) is 4.93. The second kappa shape index (κ2) is 6.15. The zero-order chi connectivity index (χ0) is 18.5. The summed E-state index contributed by atoms with van der Waals surface area (Å²) in [6, 6.07) is 8.22. The minimum absolute atomic E-state index is 0.0830. The smallest absolute Gasteiger partial charge is 0.273 e. The van der Waals surface area contributed by atoms with Gasteiger partial charge in [-0.05, 0) is 70.7 Å². The van der Waals surface area contributed by atoms with Crippen molar-refractivity contribution in [3.8, 4) is 0 Å². The minimum Gasteiger partial charge on any atom is -0.371 e. The van der Waals surface area contributed by atoms with Crippen LogP contribution in [0.25, 0.3) is 0 Å². The summed E-state index contributed by atoms with van der Waals surface area (Å²) in [7, 11) is 0. The summed E-state index contributed by atoms with van der Waals surface area (Å²) in [6.07, 6.45) is 3.44. The number of hydrogen-bond acceptors (Lipinski definition) is 3. The second-order valence-corrected chi connectivity index (χ2v) is 8.44. The van der Waals surface area contributed by atoms with Crippen LogP contribution in [0.2, 0.25) is 0 Å². The van der Waals surface area contributed by atoms with E-state index in [0.29, 0.717) is 11.6 Å². The predicted octanol–water partition coefficient (Wildman–Crippen LogP) is 4.15. The molecule has 0 atom stereocenters. The van der Waals surface area contributed by atoms with Gasteiger partial charge in [0.05, 0.1) is 11.2 Å². The number of carbonyl (C=O) groups excluding carboxylic acids is 1. The van der Waals surface area contributed by atoms with Crippen molar-refractivity contribution >= 4 is 17.3 Å². The van der Waals surface area contributed by atoms with E-state index in [2.05, 4.69) is 50.0 Å². The van der Waals surface area contributed by atoms with Gasteiger partial charge in [-0.25, -0.2) is 0 Å². The Hall–Kier alpha value is -2.30. The van der Waals surface area contributed by atoms with Gasteiger partial charge in [-0.1, -0.05) is 6.07 Å². The predicted molar refractivity (Wildman–Crippen MR) is 105 cm³/mol. The average molecular weight is 352 g/mol. The Bertz CT molecular complexity index is 842. The first-order valence-corrected chi connectivity index (χ1v) is 9.66. The van der Waals surface area contributed by atoms with Crippen LogP contribution in [-0.2, 0) is 12.0 Å². The minimum atomic E-state index is -0.225. The fourth-order valence-electron chi connectivity index (χ4n) is 3.70. The Morgan fingerprint density at radius 3 is 2.69 bits per heavy atom. The van der Waals surface area contributed by atoms with E-state index >= 15 is 0 Å². The van der Waals surface area contributed by atoms with Gasteiger partial charge in [-0.2, -0.15) is 5.10 Å². The van der Waals surface area contributed by atoms with Crippen LogP contribution in [0.3, 0.4) is 0 Å². The van der Waals surface area contributed by atoms with Crippen LogP contribution in [0.4, 0.5) is 11.4 Å². The summed E-state index contributed by atoms with van der Waals surface area (Å²) < 4.78 is 1.88. The molecule has 0 saturated heterocycles. The van der Waals surface area contributed by atoms with E-state index in [1.54, 1.807) is 0 Å². The van der Waals surface area contributed by atoms with E-state index in [1.807, 2.05) is 16.8 Å². The monoisotopic (exact) mass is 352 g/mol. The molecule has 2 aliphatic rings. The van der Waals surface area contributed by atoms with Crippen molar-refractivity contribution in [3.05, 3.63) is 41.2 Å². The number of likely N-dealkylation sites (N-methyl/N-ethyl adjacent to an activating group) is 1. The summed E-state index contributed by atoms with van der Waals surface area (Å²) in [5, 5.41) is 7.83. The van der Waals surface area contributed by atoms with Gasteiger partial charge < -0.3 is 10.2 Å². The second-order valence-electron chi connectivity index (χ2n) is 8.44. The van der Waals surface area contributed by atoms with Crippen LogP contribution < -0.4 is 10.2 Å². The number of rotatable bonds is 4. The molecule has 5 nitrogen and oxygen atoms in total. The number of amides is 1. The van der Waals surface area contributed by atoms with E-state index in [-0.39, 0.29) is 11.4 Å². The SMILES string of the molecule is CCN1CCc2ccc(NC(=O)c3cc(C4CC4)nn3C(C)(C)C)cc21. The molecule has 1 aliphatic carbocycles. The molecule has 1 aromatic carbocycles. The lowest BCUT2D eigenvalue weighted by Gasteiger charge is -2.22. The van der Waals surface area contributed by atoms with Gasteiger partial charge >= 0.3 is 0 Å². The molecule has 0 spiro atoms. The standard InChI is InChI=1S/C21H28N4O/c1-5-24-11-10-15-8-9-16(12-18(15)24)22-20(26)19-13-17(14-6-7-14)23-25(19)21(2,3)4/h8-9,12-14H,5-7,10-11H2,1-4H3,(H,22,26). The Kier molecular flexibility index (Phi) is 4.05. The molecule has 1 aromatic heterocycles. The van der Waals surface area contributed by atoms with E-state index in [0.717, 1.165) is 30.9 Å². The first-order valence-electron chi connectivity index (χ1n) is 9.66. The largest absolute Gasteiger partial charge is 0.371 e. The maximum absolute atomic E-state index is 13.0. The number of fused-ring (bicyclic) bond motifs is 1. The van der Waals surface area contributed by atoms with Crippen molar-refractivity contribution in [2.24, 2.45) is 0 Å². The molecule has 0 unspecified atom stereocenters. The van der Waals surface area contributed by atoms with Gasteiger partial charge in [0.2, 0.25) is 0 Å². The quantitative estimate of drug-likeness (QED) is 0.899. The molecule has 1 saturated carbocycles. The van der Waals surface area contributed by atoms with Gasteiger partial charge in [-0.3, -0.25) is 9.48 Å². The van der Waals surface area contributed by atoms with Gasteiger partial charge in [0.25, 0.3) is 5.91 Å². The number of aromatic nitrogens is 2. The summed E-state index contributed by atoms with van der Waals surface area (Å²) >= 11 is 0. The zero-order valence-electron chi connectivity index (χ0n) is 16.2. The molecule has 2 heterocycles. The van der Waals surface area contributed by atoms with E-state index in [1.165, 1.54) is 24.1 Å². The van der Waals surface area contributed by atoms with Crippen molar-refractivity contribution in [2.75, 3.05) is 23.3 Å². The maximum atomic E-state index is 13.0. The van der Waals surface area contributed by atoms with E-state index in [9.17, 15) is 4.79 Å². The summed E-state index contributed by atoms with van der Waals surface area (Å²) in [5.74, 6) is 0.448. The molecular weight excluding hydrogens is 324 g/mol. The summed E-state index contributed by atoms with van der Waals surface area (Å²) in [6.45, 7) is 10.5. The van der Waals surface area contributed by atoms with Gasteiger partial charge in [0.15, 0.2) is 0 Å². The summed E-state index contributed by atoms with van der Waals surface area (Å²) in [4.78, 5) is 15.4. The maximum Gasteiger partial charge on any atom is 0.273 e. The molecule has 1 amide bonds. The molecule has 2 aromatic rings. The number of benzene rings is 1. The Morgan fingerprint density at radius 2 is 2.04 bits per heavy atom. The highest BCUT2D eigenvalue weighted by Crippen LogP contribution is 2.40.